The second-order valence-electron chi connectivity index (χ2n) is 3.91. The van der Waals surface area contributed by atoms with Crippen molar-refractivity contribution in [1.82, 2.24) is 0 Å². The zero-order valence-corrected chi connectivity index (χ0v) is 10.2. The summed E-state index contributed by atoms with van der Waals surface area (Å²) in [5.74, 6) is -0.563. The van der Waals surface area contributed by atoms with E-state index in [-0.39, 0.29) is 13.0 Å². The quantitative estimate of drug-likeness (QED) is 0.440. The molecule has 0 saturated carbocycles. The van der Waals surface area contributed by atoms with Crippen LogP contribution in [-0.4, -0.2) is 28.9 Å². The van der Waals surface area contributed by atoms with Gasteiger partial charge in [0.1, 0.15) is 6.10 Å². The summed E-state index contributed by atoms with van der Waals surface area (Å²) in [5, 5.41) is 19.6. The number of nitrogen functional groups attached to an aromatic ring is 2. The fourth-order valence-electron chi connectivity index (χ4n) is 1.50. The van der Waals surface area contributed by atoms with E-state index in [2.05, 4.69) is 4.74 Å². The normalized spacial score (nSPS) is 13.9. The van der Waals surface area contributed by atoms with E-state index >= 15 is 0 Å². The third-order valence-corrected chi connectivity index (χ3v) is 2.50. The van der Waals surface area contributed by atoms with Gasteiger partial charge in [-0.2, -0.15) is 0 Å². The van der Waals surface area contributed by atoms with Crippen LogP contribution in [0.2, 0.25) is 0 Å². The number of anilines is 2. The lowest BCUT2D eigenvalue weighted by Crippen LogP contribution is -2.23. The standard InChI is InChI=1S/C12H18N2O4/c1-2-18-11(16)6-10(15)12(17)7-3-4-8(13)9(14)5-7/h3-5,10,12,15,17H,2,6,13-14H2,1H3. The molecular formula is C12H18N2O4. The highest BCUT2D eigenvalue weighted by molar-refractivity contribution is 5.70. The summed E-state index contributed by atoms with van der Waals surface area (Å²) < 4.78 is 4.69. The van der Waals surface area contributed by atoms with Gasteiger partial charge in [0.15, 0.2) is 0 Å². The van der Waals surface area contributed by atoms with E-state index in [9.17, 15) is 15.0 Å². The Morgan fingerprint density at radius 3 is 2.56 bits per heavy atom. The van der Waals surface area contributed by atoms with Gasteiger partial charge in [-0.15, -0.1) is 0 Å². The molecule has 6 nitrogen and oxygen atoms in total. The number of aliphatic hydroxyl groups excluding tert-OH is 2. The fourth-order valence-corrected chi connectivity index (χ4v) is 1.50. The molecule has 6 N–H and O–H groups in total. The summed E-state index contributed by atoms with van der Waals surface area (Å²) in [6.45, 7) is 1.90. The average Bonchev–Trinajstić information content (AvgIpc) is 2.32. The number of nitrogens with two attached hydrogens (primary N) is 2. The predicted molar refractivity (Wildman–Crippen MR) is 67.5 cm³/mol. The summed E-state index contributed by atoms with van der Waals surface area (Å²) in [4.78, 5) is 11.2. The molecule has 0 aromatic heterocycles. The van der Waals surface area contributed by atoms with Crippen molar-refractivity contribution in [3.8, 4) is 0 Å². The molecule has 6 heteroatoms. The molecule has 0 aliphatic rings. The van der Waals surface area contributed by atoms with Gasteiger partial charge < -0.3 is 26.4 Å². The van der Waals surface area contributed by atoms with E-state index in [1.807, 2.05) is 0 Å². The summed E-state index contributed by atoms with van der Waals surface area (Å²) in [5.41, 5.74) is 12.3. The van der Waals surface area contributed by atoms with Crippen molar-refractivity contribution in [2.45, 2.75) is 25.6 Å². The molecule has 18 heavy (non-hydrogen) atoms. The van der Waals surface area contributed by atoms with Crippen molar-refractivity contribution in [2.75, 3.05) is 18.1 Å². The molecule has 0 radical (unpaired) electrons. The van der Waals surface area contributed by atoms with Gasteiger partial charge in [0.2, 0.25) is 0 Å². The van der Waals surface area contributed by atoms with Crippen LogP contribution >= 0.6 is 0 Å². The lowest BCUT2D eigenvalue weighted by atomic mass is 10.0. The van der Waals surface area contributed by atoms with E-state index in [0.29, 0.717) is 16.9 Å². The minimum atomic E-state index is -1.24. The van der Waals surface area contributed by atoms with Crippen LogP contribution in [0.3, 0.4) is 0 Å². The van der Waals surface area contributed by atoms with Gasteiger partial charge in [-0.3, -0.25) is 4.79 Å². The van der Waals surface area contributed by atoms with E-state index in [1.165, 1.54) is 12.1 Å². The molecule has 0 aliphatic heterocycles. The Morgan fingerprint density at radius 1 is 1.33 bits per heavy atom. The van der Waals surface area contributed by atoms with Gasteiger partial charge in [-0.05, 0) is 24.6 Å². The van der Waals surface area contributed by atoms with Crippen LogP contribution in [0, 0.1) is 0 Å². The van der Waals surface area contributed by atoms with E-state index < -0.39 is 18.2 Å². The number of rotatable bonds is 5. The maximum Gasteiger partial charge on any atom is 0.308 e. The minimum Gasteiger partial charge on any atom is -0.466 e. The number of aliphatic hydroxyl groups is 2. The highest BCUT2D eigenvalue weighted by Gasteiger charge is 2.22. The van der Waals surface area contributed by atoms with Crippen molar-refractivity contribution >= 4 is 17.3 Å². The first-order chi connectivity index (χ1) is 8.45. The second-order valence-corrected chi connectivity index (χ2v) is 3.91. The maximum atomic E-state index is 11.2. The zero-order valence-electron chi connectivity index (χ0n) is 10.2. The molecule has 100 valence electrons. The minimum absolute atomic E-state index is 0.233. The summed E-state index contributed by atoms with van der Waals surface area (Å²) in [6, 6.07) is 4.55. The molecule has 0 bridgehead atoms. The summed E-state index contributed by atoms with van der Waals surface area (Å²) in [7, 11) is 0. The van der Waals surface area contributed by atoms with Gasteiger partial charge in [0.25, 0.3) is 0 Å². The van der Waals surface area contributed by atoms with Crippen molar-refractivity contribution in [3.63, 3.8) is 0 Å². The van der Waals surface area contributed by atoms with Gasteiger partial charge in [0.05, 0.1) is 30.5 Å². The van der Waals surface area contributed by atoms with Crippen molar-refractivity contribution < 1.29 is 19.7 Å². The third kappa shape index (κ3) is 3.61. The first-order valence-electron chi connectivity index (χ1n) is 5.62. The molecule has 0 aliphatic carbocycles. The van der Waals surface area contributed by atoms with Gasteiger partial charge in [-0.25, -0.2) is 0 Å². The molecule has 0 amide bonds. The first kappa shape index (κ1) is 14.3. The molecule has 1 rings (SSSR count). The summed E-state index contributed by atoms with van der Waals surface area (Å²) >= 11 is 0. The Bertz CT molecular complexity index is 423. The number of carbonyl (C=O) groups excluding carboxylic acids is 1. The van der Waals surface area contributed by atoms with E-state index in [4.69, 9.17) is 11.5 Å². The number of ether oxygens (including phenoxy) is 1. The number of carbonyl (C=O) groups is 1. The number of hydrogen-bond donors (Lipinski definition) is 4. The smallest absolute Gasteiger partial charge is 0.308 e. The van der Waals surface area contributed by atoms with Gasteiger partial charge >= 0.3 is 5.97 Å². The average molecular weight is 254 g/mol. The van der Waals surface area contributed by atoms with Crippen LogP contribution in [0.4, 0.5) is 11.4 Å². The van der Waals surface area contributed by atoms with Gasteiger partial charge in [-0.1, -0.05) is 6.07 Å². The van der Waals surface area contributed by atoms with Crippen LogP contribution in [0.15, 0.2) is 18.2 Å². The second kappa shape index (κ2) is 6.23. The SMILES string of the molecule is CCOC(=O)CC(O)C(O)c1ccc(N)c(N)c1. The maximum absolute atomic E-state index is 11.2. The van der Waals surface area contributed by atoms with Crippen LogP contribution in [0.25, 0.3) is 0 Å². The first-order valence-corrected chi connectivity index (χ1v) is 5.62. The van der Waals surface area contributed by atoms with Crippen LogP contribution in [-0.2, 0) is 9.53 Å². The Balaban J connectivity index is 2.70. The van der Waals surface area contributed by atoms with Crippen LogP contribution in [0.1, 0.15) is 25.0 Å². The molecule has 0 saturated heterocycles. The lowest BCUT2D eigenvalue weighted by molar-refractivity contribution is -0.147. The van der Waals surface area contributed by atoms with Crippen LogP contribution < -0.4 is 11.5 Å². The van der Waals surface area contributed by atoms with E-state index in [1.54, 1.807) is 13.0 Å². The Morgan fingerprint density at radius 2 is 2.00 bits per heavy atom. The summed E-state index contributed by atoms with van der Waals surface area (Å²) in [6.07, 6.45) is -2.73. The number of hydrogen-bond acceptors (Lipinski definition) is 6. The van der Waals surface area contributed by atoms with Crippen molar-refractivity contribution in [3.05, 3.63) is 23.8 Å². The highest BCUT2D eigenvalue weighted by Crippen LogP contribution is 2.24. The fraction of sp³-hybridized carbons (Fsp3) is 0.417. The molecule has 1 aromatic carbocycles. The Hall–Kier alpha value is -1.79. The predicted octanol–water partition coefficient (Wildman–Crippen LogP) is 0.198. The lowest BCUT2D eigenvalue weighted by Gasteiger charge is -2.18. The molecule has 2 atom stereocenters. The van der Waals surface area contributed by atoms with E-state index in [0.717, 1.165) is 0 Å². The Kier molecular flexibility index (Phi) is 4.94. The van der Waals surface area contributed by atoms with Crippen molar-refractivity contribution in [1.29, 1.82) is 0 Å². The third-order valence-electron chi connectivity index (χ3n) is 2.50. The Labute approximate surface area is 105 Å². The zero-order chi connectivity index (χ0) is 13.7. The molecule has 0 spiro atoms. The highest BCUT2D eigenvalue weighted by atomic mass is 16.5. The largest absolute Gasteiger partial charge is 0.466 e. The molecule has 2 unspecified atom stereocenters. The molecule has 1 aromatic rings. The van der Waals surface area contributed by atoms with Crippen LogP contribution in [0.5, 0.6) is 0 Å². The molecule has 0 heterocycles. The molecule has 0 fully saturated rings. The number of esters is 1. The van der Waals surface area contributed by atoms with Crippen molar-refractivity contribution in [2.24, 2.45) is 0 Å². The number of benzene rings is 1. The topological polar surface area (TPSA) is 119 Å². The monoisotopic (exact) mass is 254 g/mol. The van der Waals surface area contributed by atoms with Gasteiger partial charge in [0, 0.05) is 0 Å². The molecular weight excluding hydrogens is 236 g/mol.